The zero-order valence-corrected chi connectivity index (χ0v) is 21.9. The first-order valence-corrected chi connectivity index (χ1v) is 13.9. The maximum Gasteiger partial charge on any atom is 0.410 e. The van der Waals surface area contributed by atoms with Crippen molar-refractivity contribution in [2.75, 3.05) is 50.8 Å². The van der Waals surface area contributed by atoms with Gasteiger partial charge < -0.3 is 19.3 Å². The number of carbonyl (C=O) groups is 2. The van der Waals surface area contributed by atoms with Gasteiger partial charge in [-0.3, -0.25) is 9.69 Å². The van der Waals surface area contributed by atoms with E-state index < -0.39 is 0 Å². The van der Waals surface area contributed by atoms with E-state index in [1.807, 2.05) is 42.2 Å². The molecule has 0 saturated carbocycles. The smallest absolute Gasteiger partial charge is 0.410 e. The third kappa shape index (κ3) is 6.09. The predicted molar refractivity (Wildman–Crippen MR) is 144 cm³/mol. The van der Waals surface area contributed by atoms with E-state index in [2.05, 4.69) is 28.0 Å². The van der Waals surface area contributed by atoms with Crippen LogP contribution >= 0.6 is 0 Å². The average molecular weight is 506 g/mol. The van der Waals surface area contributed by atoms with Gasteiger partial charge in [0, 0.05) is 45.0 Å². The molecule has 2 aromatic carbocycles. The molecule has 0 spiro atoms. The summed E-state index contributed by atoms with van der Waals surface area (Å²) in [6.45, 7) is 8.05. The lowest BCUT2D eigenvalue weighted by molar-refractivity contribution is -0.144. The zero-order chi connectivity index (χ0) is 25.6. The molecule has 1 unspecified atom stereocenters. The summed E-state index contributed by atoms with van der Waals surface area (Å²) in [5.41, 5.74) is 4.94. The second-order valence-corrected chi connectivity index (χ2v) is 10.4. The molecule has 3 aliphatic heterocycles. The number of ether oxygens (including phenoxy) is 2. The first kappa shape index (κ1) is 25.6. The number of carbonyl (C=O) groups excluding carboxylic acids is 2. The lowest BCUT2D eigenvalue weighted by atomic mass is 9.80. The molecule has 2 atom stereocenters. The third-order valence-electron chi connectivity index (χ3n) is 8.03. The van der Waals surface area contributed by atoms with Crippen LogP contribution in [0.3, 0.4) is 0 Å². The normalized spacial score (nSPS) is 21.3. The van der Waals surface area contributed by atoms with Gasteiger partial charge in [-0.2, -0.15) is 0 Å². The van der Waals surface area contributed by atoms with Crippen molar-refractivity contribution in [3.05, 3.63) is 65.2 Å². The van der Waals surface area contributed by atoms with Crippen LogP contribution in [0.5, 0.6) is 0 Å². The van der Waals surface area contributed by atoms with E-state index in [0.29, 0.717) is 25.6 Å². The molecule has 6 rings (SSSR count). The molecule has 7 heteroatoms. The van der Waals surface area contributed by atoms with Gasteiger partial charge in [0.05, 0.1) is 19.1 Å². The van der Waals surface area contributed by atoms with Gasteiger partial charge >= 0.3 is 12.1 Å². The number of benzene rings is 2. The monoisotopic (exact) mass is 505 g/mol. The van der Waals surface area contributed by atoms with Gasteiger partial charge in [0.15, 0.2) is 0 Å². The van der Waals surface area contributed by atoms with Crippen molar-refractivity contribution in [2.45, 2.75) is 57.6 Å². The number of esters is 1. The Balaban J connectivity index is 1.21. The van der Waals surface area contributed by atoms with Crippen molar-refractivity contribution in [2.24, 2.45) is 0 Å². The van der Waals surface area contributed by atoms with Gasteiger partial charge in [-0.15, -0.1) is 0 Å². The second kappa shape index (κ2) is 12.0. The van der Waals surface area contributed by atoms with E-state index in [1.54, 1.807) is 0 Å². The van der Waals surface area contributed by atoms with Crippen molar-refractivity contribution < 1.29 is 19.1 Å². The van der Waals surface area contributed by atoms with E-state index in [4.69, 9.17) is 9.47 Å². The first-order chi connectivity index (χ1) is 18.1. The van der Waals surface area contributed by atoms with E-state index in [-0.39, 0.29) is 18.1 Å². The highest BCUT2D eigenvalue weighted by molar-refractivity contribution is 5.70. The Morgan fingerprint density at radius 2 is 1.70 bits per heavy atom. The molecule has 2 bridgehead atoms. The van der Waals surface area contributed by atoms with Crippen LogP contribution in [0.25, 0.3) is 0 Å². The zero-order valence-electron chi connectivity index (χ0n) is 21.9. The lowest BCUT2D eigenvalue weighted by Gasteiger charge is -2.38. The number of nitrogens with zero attached hydrogens (tertiary/aromatic N) is 3. The molecule has 0 aromatic heterocycles. The number of piperazine rings is 1. The number of rotatable bonds is 8. The van der Waals surface area contributed by atoms with Crippen molar-refractivity contribution >= 4 is 17.7 Å². The summed E-state index contributed by atoms with van der Waals surface area (Å²) in [5, 5.41) is 0. The molecular weight excluding hydrogens is 466 g/mol. The summed E-state index contributed by atoms with van der Waals surface area (Å²) in [7, 11) is 0. The predicted octanol–water partition coefficient (Wildman–Crippen LogP) is 5.11. The number of hydrogen-bond donors (Lipinski definition) is 0. The highest BCUT2D eigenvalue weighted by atomic mass is 16.6. The number of amides is 1. The minimum atomic E-state index is -0.209. The fourth-order valence-corrected chi connectivity index (χ4v) is 5.95. The maximum atomic E-state index is 13.2. The van der Waals surface area contributed by atoms with Crippen molar-refractivity contribution in [1.29, 1.82) is 0 Å². The summed E-state index contributed by atoms with van der Waals surface area (Å²) >= 11 is 0. The molecule has 1 aliphatic carbocycles. The molecule has 2 aromatic rings. The summed E-state index contributed by atoms with van der Waals surface area (Å²) in [6, 6.07) is 16.8. The lowest BCUT2D eigenvalue weighted by Crippen LogP contribution is -2.47. The van der Waals surface area contributed by atoms with E-state index in [0.717, 1.165) is 70.5 Å². The van der Waals surface area contributed by atoms with Crippen LogP contribution < -0.4 is 4.90 Å². The Morgan fingerprint density at radius 3 is 2.49 bits per heavy atom. The molecule has 2 saturated heterocycles. The highest BCUT2D eigenvalue weighted by Crippen LogP contribution is 2.47. The first-order valence-electron chi connectivity index (χ1n) is 13.9. The van der Waals surface area contributed by atoms with Crippen LogP contribution in [0.2, 0.25) is 0 Å². The molecule has 3 heterocycles. The van der Waals surface area contributed by atoms with Crippen LogP contribution in [-0.2, 0) is 20.9 Å². The molecule has 1 amide bonds. The van der Waals surface area contributed by atoms with Gasteiger partial charge in [0.25, 0.3) is 0 Å². The van der Waals surface area contributed by atoms with Gasteiger partial charge in [-0.25, -0.2) is 4.79 Å². The molecule has 198 valence electrons. The van der Waals surface area contributed by atoms with Gasteiger partial charge in [-0.05, 0) is 60.4 Å². The van der Waals surface area contributed by atoms with Gasteiger partial charge in [0.2, 0.25) is 0 Å². The summed E-state index contributed by atoms with van der Waals surface area (Å²) in [5.74, 6) is 0.411. The van der Waals surface area contributed by atoms with E-state index >= 15 is 0 Å². The fourth-order valence-electron chi connectivity index (χ4n) is 5.95. The Kier molecular flexibility index (Phi) is 8.29. The molecule has 37 heavy (non-hydrogen) atoms. The topological polar surface area (TPSA) is 62.3 Å². The van der Waals surface area contributed by atoms with Crippen LogP contribution in [0.15, 0.2) is 48.5 Å². The molecule has 4 aliphatic rings. The largest absolute Gasteiger partial charge is 0.466 e. The molecule has 0 radical (unpaired) electrons. The molecular formula is C30H39N3O4. The quantitative estimate of drug-likeness (QED) is 0.465. The van der Waals surface area contributed by atoms with Crippen LogP contribution in [0.1, 0.15) is 67.7 Å². The van der Waals surface area contributed by atoms with Crippen molar-refractivity contribution in [1.82, 2.24) is 9.80 Å². The molecule has 2 fully saturated rings. The SMILES string of the molecule is CCCOC(=O)CCN1CCN(c2ccc3c(c2)[C@H]2CCC3CCN2C(=O)OCc2ccccc2)CC1. The van der Waals surface area contributed by atoms with Crippen molar-refractivity contribution in [3.8, 4) is 0 Å². The third-order valence-corrected chi connectivity index (χ3v) is 8.03. The second-order valence-electron chi connectivity index (χ2n) is 10.4. The standard InChI is InChI=1S/C30H39N3O4/c1-2-20-36-29(34)13-14-31-16-18-32(19-17-31)25-9-10-26-24-8-11-28(27(26)21-25)33(15-12-24)30(35)37-22-23-6-4-3-5-7-23/h3-7,9-10,21,24,28H,2,8,11-20,22H2,1H3/t24?,28-/m1/s1. The Labute approximate surface area is 220 Å². The fraction of sp³-hybridized carbons (Fsp3) is 0.533. The number of hydrogen-bond acceptors (Lipinski definition) is 6. The van der Waals surface area contributed by atoms with Crippen molar-refractivity contribution in [3.63, 3.8) is 0 Å². The van der Waals surface area contributed by atoms with Crippen LogP contribution in [0, 0.1) is 0 Å². The summed E-state index contributed by atoms with van der Waals surface area (Å²) in [6.07, 6.45) is 4.21. The van der Waals surface area contributed by atoms with Crippen LogP contribution in [0.4, 0.5) is 10.5 Å². The van der Waals surface area contributed by atoms with Crippen LogP contribution in [-0.4, -0.2) is 67.7 Å². The Bertz CT molecular complexity index is 1070. The highest BCUT2D eigenvalue weighted by Gasteiger charge is 2.38. The Morgan fingerprint density at radius 1 is 0.892 bits per heavy atom. The number of anilines is 1. The minimum Gasteiger partial charge on any atom is -0.466 e. The molecule has 7 nitrogen and oxygen atoms in total. The average Bonchev–Trinajstić information content (AvgIpc) is 3.26. The van der Waals surface area contributed by atoms with E-state index in [1.165, 1.54) is 16.8 Å². The summed E-state index contributed by atoms with van der Waals surface area (Å²) in [4.78, 5) is 31.8. The minimum absolute atomic E-state index is 0.0763. The van der Waals surface area contributed by atoms with Gasteiger partial charge in [0.1, 0.15) is 6.61 Å². The number of fused-ring (bicyclic) bond motifs is 3. The maximum absolute atomic E-state index is 13.2. The summed E-state index contributed by atoms with van der Waals surface area (Å²) < 4.78 is 11.0. The molecule has 0 N–H and O–H groups in total. The van der Waals surface area contributed by atoms with Gasteiger partial charge in [-0.1, -0.05) is 43.3 Å². The Hall–Kier alpha value is -3.06. The van der Waals surface area contributed by atoms with E-state index in [9.17, 15) is 9.59 Å².